The van der Waals surface area contributed by atoms with E-state index in [0.717, 1.165) is 24.0 Å². The molecule has 150 valence electrons. The Morgan fingerprint density at radius 3 is 2.69 bits per heavy atom. The summed E-state index contributed by atoms with van der Waals surface area (Å²) in [5.74, 6) is 2.13. The first-order chi connectivity index (χ1) is 14.1. The number of carbonyl (C=O) groups excluding carboxylic acids is 1. The molecule has 0 spiro atoms. The van der Waals surface area contributed by atoms with Crippen LogP contribution in [0.4, 0.5) is 0 Å². The van der Waals surface area contributed by atoms with E-state index in [1.807, 2.05) is 42.2 Å². The molecule has 1 aromatic heterocycles. The van der Waals surface area contributed by atoms with Crippen molar-refractivity contribution in [3.05, 3.63) is 59.5 Å². The topological polar surface area (TPSA) is 77.7 Å². The quantitative estimate of drug-likeness (QED) is 0.651. The molecule has 0 aliphatic carbocycles. The van der Waals surface area contributed by atoms with Crippen LogP contribution in [0.25, 0.3) is 11.4 Å². The van der Waals surface area contributed by atoms with Crippen LogP contribution in [0.1, 0.15) is 40.7 Å². The zero-order chi connectivity index (χ0) is 20.4. The molecule has 3 aromatic rings. The van der Waals surface area contributed by atoms with Gasteiger partial charge < -0.3 is 18.9 Å². The second-order valence-corrected chi connectivity index (χ2v) is 7.00. The molecule has 1 fully saturated rings. The highest BCUT2D eigenvalue weighted by Gasteiger charge is 2.35. The molecule has 1 amide bonds. The molecule has 0 saturated carbocycles. The lowest BCUT2D eigenvalue weighted by molar-refractivity contribution is 0.0709. The number of carbonyl (C=O) groups is 1. The number of ether oxygens (including phenoxy) is 2. The standard InChI is InChI=1S/C22H23N3O4/c1-14-7-4-5-8-16(14)22(26)25-12-6-9-17(25)21-23-20(24-29-21)15-10-11-18(27-2)19(13-15)28-3/h4-5,7-8,10-11,13,17H,6,9,12H2,1-3H3. The Hall–Kier alpha value is -3.35. The van der Waals surface area contributed by atoms with Gasteiger partial charge in [0.05, 0.1) is 14.2 Å². The number of likely N-dealkylation sites (tertiary alicyclic amines) is 1. The smallest absolute Gasteiger partial charge is 0.254 e. The number of rotatable bonds is 5. The van der Waals surface area contributed by atoms with E-state index < -0.39 is 0 Å². The van der Waals surface area contributed by atoms with Crippen molar-refractivity contribution >= 4 is 5.91 Å². The third-order valence-corrected chi connectivity index (χ3v) is 5.26. The molecule has 4 rings (SSSR count). The number of methoxy groups -OCH3 is 2. The first-order valence-corrected chi connectivity index (χ1v) is 9.55. The van der Waals surface area contributed by atoms with Crippen LogP contribution in [-0.4, -0.2) is 41.7 Å². The Bertz CT molecular complexity index is 1030. The normalized spacial score (nSPS) is 16.1. The maximum atomic E-state index is 13.1. The second-order valence-electron chi connectivity index (χ2n) is 7.00. The highest BCUT2D eigenvalue weighted by molar-refractivity contribution is 5.96. The van der Waals surface area contributed by atoms with E-state index in [1.165, 1.54) is 0 Å². The van der Waals surface area contributed by atoms with Gasteiger partial charge in [0.25, 0.3) is 5.91 Å². The Kier molecular flexibility index (Phi) is 5.20. The summed E-state index contributed by atoms with van der Waals surface area (Å²) in [5, 5.41) is 4.13. The predicted octanol–water partition coefficient (Wildman–Crippen LogP) is 4.04. The average Bonchev–Trinajstić information content (AvgIpc) is 3.42. The van der Waals surface area contributed by atoms with E-state index in [1.54, 1.807) is 26.4 Å². The van der Waals surface area contributed by atoms with Crippen LogP contribution in [-0.2, 0) is 0 Å². The number of benzene rings is 2. The minimum Gasteiger partial charge on any atom is -0.493 e. The molecule has 7 nitrogen and oxygen atoms in total. The molecule has 1 aliphatic rings. The number of aromatic nitrogens is 2. The van der Waals surface area contributed by atoms with Gasteiger partial charge in [0.1, 0.15) is 6.04 Å². The molecule has 0 N–H and O–H groups in total. The highest BCUT2D eigenvalue weighted by Crippen LogP contribution is 2.35. The van der Waals surface area contributed by atoms with Crippen molar-refractivity contribution in [2.24, 2.45) is 0 Å². The van der Waals surface area contributed by atoms with Gasteiger partial charge in [-0.15, -0.1) is 0 Å². The first-order valence-electron chi connectivity index (χ1n) is 9.55. The average molecular weight is 393 g/mol. The van der Waals surface area contributed by atoms with E-state index in [0.29, 0.717) is 35.3 Å². The van der Waals surface area contributed by atoms with E-state index in [4.69, 9.17) is 14.0 Å². The number of aryl methyl sites for hydroxylation is 1. The fourth-order valence-corrected chi connectivity index (χ4v) is 3.70. The fourth-order valence-electron chi connectivity index (χ4n) is 3.70. The summed E-state index contributed by atoms with van der Waals surface area (Å²) in [6.07, 6.45) is 1.70. The summed E-state index contributed by atoms with van der Waals surface area (Å²) in [6.45, 7) is 2.62. The van der Waals surface area contributed by atoms with Gasteiger partial charge in [-0.2, -0.15) is 4.98 Å². The molecule has 29 heavy (non-hydrogen) atoms. The van der Waals surface area contributed by atoms with Crippen LogP contribution >= 0.6 is 0 Å². The first kappa shape index (κ1) is 19.0. The van der Waals surface area contributed by atoms with Gasteiger partial charge in [0, 0.05) is 17.7 Å². The lowest BCUT2D eigenvalue weighted by atomic mass is 10.1. The molecule has 0 bridgehead atoms. The summed E-state index contributed by atoms with van der Waals surface area (Å²) in [4.78, 5) is 19.5. The van der Waals surface area contributed by atoms with Crippen LogP contribution in [0.2, 0.25) is 0 Å². The molecule has 2 aromatic carbocycles. The molecule has 0 radical (unpaired) electrons. The molecule has 1 atom stereocenters. The number of nitrogens with zero attached hydrogens (tertiary/aromatic N) is 3. The zero-order valence-electron chi connectivity index (χ0n) is 16.7. The second kappa shape index (κ2) is 7.95. The van der Waals surface area contributed by atoms with Crippen molar-refractivity contribution in [2.45, 2.75) is 25.8 Å². The van der Waals surface area contributed by atoms with Crippen molar-refractivity contribution in [1.29, 1.82) is 0 Å². The minimum atomic E-state index is -0.219. The van der Waals surface area contributed by atoms with Crippen LogP contribution in [0.5, 0.6) is 11.5 Å². The van der Waals surface area contributed by atoms with Crippen molar-refractivity contribution in [3.63, 3.8) is 0 Å². The Morgan fingerprint density at radius 1 is 1.14 bits per heavy atom. The van der Waals surface area contributed by atoms with Crippen LogP contribution < -0.4 is 9.47 Å². The molecular formula is C22H23N3O4. The zero-order valence-corrected chi connectivity index (χ0v) is 16.7. The fraction of sp³-hybridized carbons (Fsp3) is 0.318. The predicted molar refractivity (Wildman–Crippen MR) is 107 cm³/mol. The minimum absolute atomic E-state index is 0.00327. The van der Waals surface area contributed by atoms with Gasteiger partial charge in [0.15, 0.2) is 11.5 Å². The monoisotopic (exact) mass is 393 g/mol. The van der Waals surface area contributed by atoms with E-state index in [2.05, 4.69) is 10.1 Å². The Morgan fingerprint density at radius 2 is 1.93 bits per heavy atom. The lowest BCUT2D eigenvalue weighted by Crippen LogP contribution is -2.31. The van der Waals surface area contributed by atoms with Crippen LogP contribution in [0, 0.1) is 6.92 Å². The maximum Gasteiger partial charge on any atom is 0.254 e. The van der Waals surface area contributed by atoms with Gasteiger partial charge in [-0.1, -0.05) is 23.4 Å². The van der Waals surface area contributed by atoms with E-state index in [9.17, 15) is 4.79 Å². The summed E-state index contributed by atoms with van der Waals surface area (Å²) < 4.78 is 16.2. The molecule has 1 aliphatic heterocycles. The highest BCUT2D eigenvalue weighted by atomic mass is 16.5. The Balaban J connectivity index is 1.60. The van der Waals surface area contributed by atoms with E-state index in [-0.39, 0.29) is 11.9 Å². The molecule has 2 heterocycles. The van der Waals surface area contributed by atoms with Gasteiger partial charge in [0.2, 0.25) is 11.7 Å². The van der Waals surface area contributed by atoms with Crippen molar-refractivity contribution in [1.82, 2.24) is 15.0 Å². The summed E-state index contributed by atoms with van der Waals surface area (Å²) >= 11 is 0. The third kappa shape index (κ3) is 3.55. The van der Waals surface area contributed by atoms with Gasteiger partial charge >= 0.3 is 0 Å². The summed E-state index contributed by atoms with van der Waals surface area (Å²) in [7, 11) is 3.17. The largest absolute Gasteiger partial charge is 0.493 e. The van der Waals surface area contributed by atoms with Crippen LogP contribution in [0.3, 0.4) is 0 Å². The molecule has 1 unspecified atom stereocenters. The summed E-state index contributed by atoms with van der Waals surface area (Å²) in [6, 6.07) is 12.8. The van der Waals surface area contributed by atoms with Gasteiger partial charge in [-0.05, 0) is 49.6 Å². The lowest BCUT2D eigenvalue weighted by Gasteiger charge is -2.22. The molecular weight excluding hydrogens is 370 g/mol. The molecule has 1 saturated heterocycles. The number of hydrogen-bond donors (Lipinski definition) is 0. The molecule has 7 heteroatoms. The number of hydrogen-bond acceptors (Lipinski definition) is 6. The number of amides is 1. The maximum absolute atomic E-state index is 13.1. The summed E-state index contributed by atoms with van der Waals surface area (Å²) in [5.41, 5.74) is 2.42. The SMILES string of the molecule is COc1ccc(-c2noc(C3CCCN3C(=O)c3ccccc3C)n2)cc1OC. The van der Waals surface area contributed by atoms with Crippen molar-refractivity contribution in [2.75, 3.05) is 20.8 Å². The van der Waals surface area contributed by atoms with Crippen molar-refractivity contribution < 1.29 is 18.8 Å². The Labute approximate surface area is 169 Å². The van der Waals surface area contributed by atoms with Crippen LogP contribution in [0.15, 0.2) is 47.0 Å². The third-order valence-electron chi connectivity index (χ3n) is 5.26. The van der Waals surface area contributed by atoms with E-state index >= 15 is 0 Å². The van der Waals surface area contributed by atoms with Gasteiger partial charge in [-0.25, -0.2) is 0 Å². The van der Waals surface area contributed by atoms with Gasteiger partial charge in [-0.3, -0.25) is 4.79 Å². The van der Waals surface area contributed by atoms with Crippen molar-refractivity contribution in [3.8, 4) is 22.9 Å².